The van der Waals surface area contributed by atoms with Crippen LogP contribution in [0.15, 0.2) is 0 Å². The fourth-order valence-electron chi connectivity index (χ4n) is 2.43. The fraction of sp³-hybridized carbons (Fsp3) is 0.909. The molecule has 0 bridgehead atoms. The summed E-state index contributed by atoms with van der Waals surface area (Å²) in [4.78, 5) is 13.5. The zero-order chi connectivity index (χ0) is 11.2. The molecule has 1 amide bonds. The Labute approximate surface area is 90.8 Å². The molecule has 4 nitrogen and oxygen atoms in total. The minimum Gasteiger partial charge on any atom is -0.444 e. The zero-order valence-corrected chi connectivity index (χ0v) is 9.69. The summed E-state index contributed by atoms with van der Waals surface area (Å²) in [5.74, 6) is 1.13. The summed E-state index contributed by atoms with van der Waals surface area (Å²) in [6.07, 6.45) is 0.869. The number of nitrogens with zero attached hydrogens (tertiary/aromatic N) is 1. The van der Waals surface area contributed by atoms with Crippen LogP contribution in [0, 0.1) is 11.8 Å². The molecule has 15 heavy (non-hydrogen) atoms. The van der Waals surface area contributed by atoms with E-state index in [0.29, 0.717) is 17.9 Å². The minimum atomic E-state index is -0.402. The summed E-state index contributed by atoms with van der Waals surface area (Å²) in [5, 5.41) is 0. The quantitative estimate of drug-likeness (QED) is 0.656. The number of nitrogens with two attached hydrogens (primary N) is 1. The number of hydrogen-bond acceptors (Lipinski definition) is 3. The van der Waals surface area contributed by atoms with Crippen molar-refractivity contribution >= 4 is 6.09 Å². The van der Waals surface area contributed by atoms with Gasteiger partial charge >= 0.3 is 6.09 Å². The average molecular weight is 212 g/mol. The highest BCUT2D eigenvalue weighted by atomic mass is 16.6. The van der Waals surface area contributed by atoms with Gasteiger partial charge in [-0.15, -0.1) is 0 Å². The summed E-state index contributed by atoms with van der Waals surface area (Å²) in [6, 6.07) is 0.294. The Morgan fingerprint density at radius 1 is 1.40 bits per heavy atom. The summed E-state index contributed by atoms with van der Waals surface area (Å²) < 4.78 is 5.33. The molecule has 4 heteroatoms. The average Bonchev–Trinajstić information content (AvgIpc) is 2.39. The van der Waals surface area contributed by atoms with Crippen LogP contribution in [0.3, 0.4) is 0 Å². The Morgan fingerprint density at radius 3 is 2.53 bits per heavy atom. The Kier molecular flexibility index (Phi) is 2.41. The molecule has 1 aliphatic carbocycles. The van der Waals surface area contributed by atoms with Crippen molar-refractivity contribution in [3.8, 4) is 0 Å². The van der Waals surface area contributed by atoms with Crippen molar-refractivity contribution in [1.29, 1.82) is 0 Å². The van der Waals surface area contributed by atoms with E-state index in [9.17, 15) is 4.79 Å². The van der Waals surface area contributed by atoms with E-state index in [1.807, 2.05) is 20.8 Å². The predicted molar refractivity (Wildman–Crippen MR) is 57.4 cm³/mol. The first-order valence-electron chi connectivity index (χ1n) is 5.60. The first kappa shape index (κ1) is 10.7. The Hall–Kier alpha value is -0.770. The van der Waals surface area contributed by atoms with Gasteiger partial charge in [-0.2, -0.15) is 0 Å². The van der Waals surface area contributed by atoms with Crippen molar-refractivity contribution in [2.75, 3.05) is 13.1 Å². The molecule has 1 heterocycles. The topological polar surface area (TPSA) is 55.6 Å². The summed E-state index contributed by atoms with van der Waals surface area (Å²) in [5.41, 5.74) is 5.47. The smallest absolute Gasteiger partial charge is 0.410 e. The van der Waals surface area contributed by atoms with E-state index in [1.54, 1.807) is 4.90 Å². The molecule has 0 spiro atoms. The predicted octanol–water partition coefficient (Wildman–Crippen LogP) is 1.20. The third-order valence-corrected chi connectivity index (χ3v) is 3.27. The molecule has 2 aliphatic rings. The van der Waals surface area contributed by atoms with Crippen LogP contribution in [0.5, 0.6) is 0 Å². The van der Waals surface area contributed by atoms with Gasteiger partial charge in [-0.1, -0.05) is 0 Å². The third-order valence-electron chi connectivity index (χ3n) is 3.27. The van der Waals surface area contributed by atoms with Crippen LogP contribution in [0.25, 0.3) is 0 Å². The second kappa shape index (κ2) is 3.37. The molecular weight excluding hydrogens is 192 g/mol. The number of ether oxygens (including phenoxy) is 1. The number of fused-ring (bicyclic) bond motifs is 1. The van der Waals surface area contributed by atoms with Crippen LogP contribution in [0.1, 0.15) is 27.2 Å². The standard InChI is InChI=1S/C11H20N2O2/c1-11(2,3)15-10(14)13-5-7-4-9(12)8(7)6-13/h7-9H,4-6,12H2,1-3H3/t7-,8+,9?/m0/s1. The molecule has 0 radical (unpaired) electrons. The van der Waals surface area contributed by atoms with Gasteiger partial charge in [-0.3, -0.25) is 0 Å². The first-order valence-corrected chi connectivity index (χ1v) is 5.60. The van der Waals surface area contributed by atoms with Crippen molar-refractivity contribution in [3.05, 3.63) is 0 Å². The van der Waals surface area contributed by atoms with Crippen LogP contribution >= 0.6 is 0 Å². The van der Waals surface area contributed by atoms with Crippen molar-refractivity contribution < 1.29 is 9.53 Å². The van der Waals surface area contributed by atoms with E-state index in [-0.39, 0.29) is 6.09 Å². The molecule has 1 saturated heterocycles. The van der Waals surface area contributed by atoms with Gasteiger partial charge in [0.05, 0.1) is 0 Å². The van der Waals surface area contributed by atoms with Gasteiger partial charge < -0.3 is 15.4 Å². The van der Waals surface area contributed by atoms with Crippen molar-refractivity contribution in [1.82, 2.24) is 4.90 Å². The van der Waals surface area contributed by atoms with Crippen LogP contribution in [0.4, 0.5) is 4.79 Å². The molecule has 1 saturated carbocycles. The normalized spacial score (nSPS) is 34.7. The fourth-order valence-corrected chi connectivity index (χ4v) is 2.43. The second-order valence-corrected chi connectivity index (χ2v) is 5.71. The van der Waals surface area contributed by atoms with Gasteiger partial charge in [-0.25, -0.2) is 4.79 Å². The number of carbonyl (C=O) groups excluding carboxylic acids is 1. The largest absolute Gasteiger partial charge is 0.444 e. The van der Waals surface area contributed by atoms with Gasteiger partial charge in [0, 0.05) is 19.1 Å². The van der Waals surface area contributed by atoms with Gasteiger partial charge in [0.15, 0.2) is 0 Å². The van der Waals surface area contributed by atoms with Crippen molar-refractivity contribution in [2.45, 2.75) is 38.8 Å². The molecule has 0 aromatic heterocycles. The summed E-state index contributed by atoms with van der Waals surface area (Å²) in [7, 11) is 0. The van der Waals surface area contributed by atoms with Crippen molar-refractivity contribution in [3.63, 3.8) is 0 Å². The summed E-state index contributed by atoms with van der Waals surface area (Å²) >= 11 is 0. The van der Waals surface area contributed by atoms with Crippen molar-refractivity contribution in [2.24, 2.45) is 17.6 Å². The van der Waals surface area contributed by atoms with Gasteiger partial charge in [0.1, 0.15) is 5.60 Å². The Bertz CT molecular complexity index is 272. The molecular formula is C11H20N2O2. The zero-order valence-electron chi connectivity index (χ0n) is 9.69. The SMILES string of the molecule is CC(C)(C)OC(=O)N1C[C@@H]2CC(N)[C@@H]2C1. The number of rotatable bonds is 0. The third kappa shape index (κ3) is 2.09. The first-order chi connectivity index (χ1) is 6.87. The molecule has 1 aliphatic heterocycles. The lowest BCUT2D eigenvalue weighted by Crippen LogP contribution is -2.46. The van der Waals surface area contributed by atoms with E-state index >= 15 is 0 Å². The van der Waals surface area contributed by atoms with E-state index in [4.69, 9.17) is 10.5 Å². The molecule has 1 unspecified atom stereocenters. The molecule has 2 N–H and O–H groups in total. The number of hydrogen-bond donors (Lipinski definition) is 1. The maximum atomic E-state index is 11.7. The monoisotopic (exact) mass is 212 g/mol. The van der Waals surface area contributed by atoms with Gasteiger partial charge in [0.2, 0.25) is 0 Å². The number of amides is 1. The van der Waals surface area contributed by atoms with Gasteiger partial charge in [-0.05, 0) is 39.0 Å². The molecule has 2 fully saturated rings. The molecule has 86 valence electrons. The molecule has 2 rings (SSSR count). The van der Waals surface area contributed by atoms with Crippen LogP contribution < -0.4 is 5.73 Å². The van der Waals surface area contributed by atoms with E-state index in [1.165, 1.54) is 0 Å². The van der Waals surface area contributed by atoms with Crippen LogP contribution in [-0.2, 0) is 4.74 Å². The second-order valence-electron chi connectivity index (χ2n) is 5.71. The van der Waals surface area contributed by atoms with Crippen LogP contribution in [0.2, 0.25) is 0 Å². The molecule has 3 atom stereocenters. The minimum absolute atomic E-state index is 0.191. The van der Waals surface area contributed by atoms with E-state index < -0.39 is 5.60 Å². The molecule has 0 aromatic carbocycles. The highest BCUT2D eigenvalue weighted by Crippen LogP contribution is 2.39. The highest BCUT2D eigenvalue weighted by Gasteiger charge is 2.47. The van der Waals surface area contributed by atoms with Crippen LogP contribution in [-0.4, -0.2) is 35.7 Å². The highest BCUT2D eigenvalue weighted by molar-refractivity contribution is 5.68. The van der Waals surface area contributed by atoms with E-state index in [2.05, 4.69) is 0 Å². The Balaban J connectivity index is 1.88. The van der Waals surface area contributed by atoms with Gasteiger partial charge in [0.25, 0.3) is 0 Å². The number of likely N-dealkylation sites (tertiary alicyclic amines) is 1. The van der Waals surface area contributed by atoms with E-state index in [0.717, 1.165) is 19.5 Å². The summed E-state index contributed by atoms with van der Waals surface area (Å²) in [6.45, 7) is 7.28. The lowest BCUT2D eigenvalue weighted by Gasteiger charge is -2.35. The maximum Gasteiger partial charge on any atom is 0.410 e. The number of carbonyl (C=O) groups is 1. The lowest BCUT2D eigenvalue weighted by molar-refractivity contribution is 0.0288. The molecule has 0 aromatic rings. The lowest BCUT2D eigenvalue weighted by atomic mass is 9.72. The maximum absolute atomic E-state index is 11.7. The Morgan fingerprint density at radius 2 is 2.07 bits per heavy atom.